The molecule has 0 N–H and O–H groups in total. The van der Waals surface area contributed by atoms with Crippen molar-refractivity contribution in [3.8, 4) is 0 Å². The summed E-state index contributed by atoms with van der Waals surface area (Å²) in [6, 6.07) is 12.1. The number of nitrogens with zero attached hydrogens (tertiary/aromatic N) is 2. The van der Waals surface area contributed by atoms with Gasteiger partial charge in [0.25, 0.3) is 0 Å². The summed E-state index contributed by atoms with van der Waals surface area (Å²) in [5.74, 6) is 1.40. The molecule has 1 aromatic carbocycles. The Morgan fingerprint density at radius 3 is 2.85 bits per heavy atom. The molecule has 2 heterocycles. The van der Waals surface area contributed by atoms with Gasteiger partial charge in [-0.2, -0.15) is 0 Å². The van der Waals surface area contributed by atoms with Gasteiger partial charge in [0.05, 0.1) is 18.0 Å². The zero-order valence-corrected chi connectivity index (χ0v) is 12.0. The molecule has 20 heavy (non-hydrogen) atoms. The van der Waals surface area contributed by atoms with Gasteiger partial charge in [-0.25, -0.2) is 4.98 Å². The molecule has 0 saturated heterocycles. The SMILES string of the molecule is CN(Cc1ccoc1)c1cc(CCl)c2ccccc2n1. The average molecular weight is 287 g/mol. The van der Waals surface area contributed by atoms with Crippen LogP contribution in [-0.2, 0) is 12.4 Å². The number of rotatable bonds is 4. The van der Waals surface area contributed by atoms with Gasteiger partial charge in [-0.05, 0) is 23.8 Å². The fourth-order valence-corrected chi connectivity index (χ4v) is 2.50. The second-order valence-corrected chi connectivity index (χ2v) is 5.05. The van der Waals surface area contributed by atoms with Gasteiger partial charge in [0, 0.05) is 30.4 Å². The summed E-state index contributed by atoms with van der Waals surface area (Å²) >= 11 is 6.06. The normalized spacial score (nSPS) is 10.9. The highest BCUT2D eigenvalue weighted by molar-refractivity contribution is 6.18. The third-order valence-corrected chi connectivity index (χ3v) is 3.61. The molecule has 102 valence electrons. The fraction of sp³-hybridized carbons (Fsp3) is 0.188. The summed E-state index contributed by atoms with van der Waals surface area (Å²) < 4.78 is 5.10. The van der Waals surface area contributed by atoms with Crippen molar-refractivity contribution in [1.82, 2.24) is 4.98 Å². The van der Waals surface area contributed by atoms with E-state index in [-0.39, 0.29) is 0 Å². The monoisotopic (exact) mass is 286 g/mol. The van der Waals surface area contributed by atoms with Crippen molar-refractivity contribution in [3.63, 3.8) is 0 Å². The summed E-state index contributed by atoms with van der Waals surface area (Å²) in [5, 5.41) is 1.11. The molecule has 2 aromatic heterocycles. The van der Waals surface area contributed by atoms with Crippen LogP contribution in [0.25, 0.3) is 10.9 Å². The van der Waals surface area contributed by atoms with Gasteiger partial charge in [-0.1, -0.05) is 18.2 Å². The third-order valence-electron chi connectivity index (χ3n) is 3.32. The Morgan fingerprint density at radius 1 is 1.25 bits per heavy atom. The number of fused-ring (bicyclic) bond motifs is 1. The number of hydrogen-bond donors (Lipinski definition) is 0. The first-order valence-electron chi connectivity index (χ1n) is 6.45. The predicted octanol–water partition coefficient (Wildman–Crippen LogP) is 4.20. The molecule has 4 heteroatoms. The van der Waals surface area contributed by atoms with E-state index in [4.69, 9.17) is 21.0 Å². The Hall–Kier alpha value is -2.00. The molecule has 0 radical (unpaired) electrons. The molecule has 0 fully saturated rings. The van der Waals surface area contributed by atoms with Crippen LogP contribution in [0.1, 0.15) is 11.1 Å². The lowest BCUT2D eigenvalue weighted by atomic mass is 10.1. The zero-order valence-electron chi connectivity index (χ0n) is 11.2. The molecule has 3 rings (SSSR count). The van der Waals surface area contributed by atoms with E-state index < -0.39 is 0 Å². The number of pyridine rings is 1. The maximum absolute atomic E-state index is 6.06. The number of halogens is 1. The summed E-state index contributed by atoms with van der Waals surface area (Å²) in [4.78, 5) is 6.79. The van der Waals surface area contributed by atoms with Crippen molar-refractivity contribution in [3.05, 3.63) is 60.1 Å². The van der Waals surface area contributed by atoms with Gasteiger partial charge in [0.1, 0.15) is 5.82 Å². The molecule has 0 saturated carbocycles. The molecular weight excluding hydrogens is 272 g/mol. The highest BCUT2D eigenvalue weighted by atomic mass is 35.5. The molecule has 0 aliphatic carbocycles. The van der Waals surface area contributed by atoms with Gasteiger partial charge in [-0.3, -0.25) is 0 Å². The molecule has 0 atom stereocenters. The number of furan rings is 1. The number of hydrogen-bond acceptors (Lipinski definition) is 3. The molecule has 0 bridgehead atoms. The smallest absolute Gasteiger partial charge is 0.129 e. The second kappa shape index (κ2) is 5.55. The molecule has 3 aromatic rings. The van der Waals surface area contributed by atoms with Crippen molar-refractivity contribution in [2.75, 3.05) is 11.9 Å². The van der Waals surface area contributed by atoms with Crippen LogP contribution in [0.15, 0.2) is 53.3 Å². The summed E-state index contributed by atoms with van der Waals surface area (Å²) in [5.41, 5.74) is 3.20. The molecule has 0 aliphatic heterocycles. The van der Waals surface area contributed by atoms with Crippen LogP contribution >= 0.6 is 11.6 Å². The summed E-state index contributed by atoms with van der Waals surface area (Å²) in [6.07, 6.45) is 3.43. The molecule has 0 spiro atoms. The first-order valence-corrected chi connectivity index (χ1v) is 6.98. The molecular formula is C16H15ClN2O. The molecule has 3 nitrogen and oxygen atoms in total. The van der Waals surface area contributed by atoms with Gasteiger partial charge in [0.15, 0.2) is 0 Å². The third kappa shape index (κ3) is 2.49. The summed E-state index contributed by atoms with van der Waals surface area (Å²) in [7, 11) is 2.02. The van der Waals surface area contributed by atoms with Crippen molar-refractivity contribution in [2.45, 2.75) is 12.4 Å². The zero-order chi connectivity index (χ0) is 13.9. The lowest BCUT2D eigenvalue weighted by Gasteiger charge is -2.19. The minimum Gasteiger partial charge on any atom is -0.472 e. The van der Waals surface area contributed by atoms with E-state index in [1.807, 2.05) is 31.3 Å². The van der Waals surface area contributed by atoms with E-state index in [0.717, 1.165) is 34.4 Å². The largest absolute Gasteiger partial charge is 0.472 e. The molecule has 0 unspecified atom stereocenters. The topological polar surface area (TPSA) is 29.3 Å². The van der Waals surface area contributed by atoms with Crippen molar-refractivity contribution in [2.24, 2.45) is 0 Å². The van der Waals surface area contributed by atoms with E-state index >= 15 is 0 Å². The Kier molecular flexibility index (Phi) is 3.61. The highest BCUT2D eigenvalue weighted by Crippen LogP contribution is 2.24. The Bertz CT molecular complexity index is 710. The van der Waals surface area contributed by atoms with Crippen LogP contribution in [0.5, 0.6) is 0 Å². The summed E-state index contributed by atoms with van der Waals surface area (Å²) in [6.45, 7) is 0.754. The van der Waals surface area contributed by atoms with Gasteiger partial charge < -0.3 is 9.32 Å². The van der Waals surface area contributed by atoms with Crippen LogP contribution in [0, 0.1) is 0 Å². The van der Waals surface area contributed by atoms with Gasteiger partial charge in [0.2, 0.25) is 0 Å². The van der Waals surface area contributed by atoms with Crippen LogP contribution in [-0.4, -0.2) is 12.0 Å². The first kappa shape index (κ1) is 13.0. The van der Waals surface area contributed by atoms with Gasteiger partial charge >= 0.3 is 0 Å². The molecule has 0 aliphatic rings. The standard InChI is InChI=1S/C16H15ClN2O/c1-19(10-12-6-7-20-11-12)16-8-13(9-17)14-4-2-3-5-15(14)18-16/h2-8,11H,9-10H2,1H3. The van der Waals surface area contributed by atoms with E-state index in [9.17, 15) is 0 Å². The minimum atomic E-state index is 0.482. The maximum atomic E-state index is 6.06. The van der Waals surface area contributed by atoms with E-state index in [1.165, 1.54) is 0 Å². The number of anilines is 1. The number of alkyl halides is 1. The highest BCUT2D eigenvalue weighted by Gasteiger charge is 2.09. The van der Waals surface area contributed by atoms with E-state index in [1.54, 1.807) is 12.5 Å². The van der Waals surface area contributed by atoms with Crippen LogP contribution in [0.4, 0.5) is 5.82 Å². The second-order valence-electron chi connectivity index (χ2n) is 4.78. The van der Waals surface area contributed by atoms with Crippen molar-refractivity contribution >= 4 is 28.3 Å². The number of aromatic nitrogens is 1. The van der Waals surface area contributed by atoms with Crippen LogP contribution in [0.2, 0.25) is 0 Å². The molecule has 0 amide bonds. The Labute approximate surface area is 122 Å². The fourth-order valence-electron chi connectivity index (χ4n) is 2.28. The Balaban J connectivity index is 1.98. The average Bonchev–Trinajstić information content (AvgIpc) is 2.99. The van der Waals surface area contributed by atoms with Crippen molar-refractivity contribution < 1.29 is 4.42 Å². The van der Waals surface area contributed by atoms with Crippen molar-refractivity contribution in [1.29, 1.82) is 0 Å². The van der Waals surface area contributed by atoms with E-state index in [0.29, 0.717) is 5.88 Å². The number of benzene rings is 1. The number of para-hydroxylation sites is 1. The quantitative estimate of drug-likeness (QED) is 0.673. The predicted molar refractivity (Wildman–Crippen MR) is 82.1 cm³/mol. The minimum absolute atomic E-state index is 0.482. The lowest BCUT2D eigenvalue weighted by Crippen LogP contribution is -2.17. The van der Waals surface area contributed by atoms with Crippen LogP contribution < -0.4 is 4.90 Å². The Morgan fingerprint density at radius 2 is 2.10 bits per heavy atom. The van der Waals surface area contributed by atoms with E-state index in [2.05, 4.69) is 17.0 Å². The lowest BCUT2D eigenvalue weighted by molar-refractivity contribution is 0.563. The van der Waals surface area contributed by atoms with Crippen LogP contribution in [0.3, 0.4) is 0 Å². The first-order chi connectivity index (χ1) is 9.78. The van der Waals surface area contributed by atoms with Gasteiger partial charge in [-0.15, -0.1) is 11.6 Å². The maximum Gasteiger partial charge on any atom is 0.129 e.